The van der Waals surface area contributed by atoms with Gasteiger partial charge < -0.3 is 5.32 Å². The van der Waals surface area contributed by atoms with E-state index >= 15 is 0 Å². The molecule has 0 spiro atoms. The highest BCUT2D eigenvalue weighted by atomic mass is 16.2. The molecule has 0 saturated heterocycles. The minimum Gasteiger partial charge on any atom is -0.320 e. The number of hydrogen-bond donors (Lipinski definition) is 1. The molecule has 21 heavy (non-hydrogen) atoms. The minimum absolute atomic E-state index is 0.258. The Balaban J connectivity index is 1.78. The van der Waals surface area contributed by atoms with E-state index in [1.165, 1.54) is 0 Å². The molecule has 0 aliphatic heterocycles. The summed E-state index contributed by atoms with van der Waals surface area (Å²) in [6.07, 6.45) is 3.24. The number of amides is 1. The second-order valence-electron chi connectivity index (χ2n) is 4.52. The molecule has 6 heteroatoms. The van der Waals surface area contributed by atoms with E-state index in [1.807, 2.05) is 37.3 Å². The highest BCUT2D eigenvalue weighted by Crippen LogP contribution is 2.10. The van der Waals surface area contributed by atoms with Gasteiger partial charge in [-0.2, -0.15) is 0 Å². The molecule has 0 aliphatic rings. The number of pyridine rings is 1. The van der Waals surface area contributed by atoms with Gasteiger partial charge in [0.25, 0.3) is 5.91 Å². The number of nitrogens with zero attached hydrogens (tertiary/aromatic N) is 4. The average Bonchev–Trinajstić information content (AvgIpc) is 2.98. The van der Waals surface area contributed by atoms with Crippen LogP contribution < -0.4 is 5.32 Å². The predicted molar refractivity (Wildman–Crippen MR) is 78.3 cm³/mol. The van der Waals surface area contributed by atoms with E-state index in [0.717, 1.165) is 11.4 Å². The first-order valence-corrected chi connectivity index (χ1v) is 6.44. The summed E-state index contributed by atoms with van der Waals surface area (Å²) in [5.41, 5.74) is 2.62. The maximum absolute atomic E-state index is 12.1. The van der Waals surface area contributed by atoms with Gasteiger partial charge in [-0.05, 0) is 31.2 Å². The van der Waals surface area contributed by atoms with Crippen LogP contribution >= 0.6 is 0 Å². The van der Waals surface area contributed by atoms with Crippen molar-refractivity contribution in [2.75, 3.05) is 5.32 Å². The van der Waals surface area contributed by atoms with Crippen molar-refractivity contribution in [3.05, 3.63) is 66.2 Å². The van der Waals surface area contributed by atoms with Crippen molar-refractivity contribution in [1.82, 2.24) is 20.0 Å². The molecule has 2 aromatic heterocycles. The van der Waals surface area contributed by atoms with E-state index in [1.54, 1.807) is 29.2 Å². The van der Waals surface area contributed by atoms with Gasteiger partial charge in [0.05, 0.1) is 11.9 Å². The number of carbonyl (C=O) groups is 1. The fraction of sp³-hybridized carbons (Fsp3) is 0.0667. The number of carbonyl (C=O) groups excluding carboxylic acids is 1. The maximum Gasteiger partial charge on any atom is 0.277 e. The molecular formula is C15H13N5O. The predicted octanol–water partition coefficient (Wildman–Crippen LogP) is 2.22. The van der Waals surface area contributed by atoms with Crippen LogP contribution in [0, 0.1) is 6.92 Å². The molecule has 2 heterocycles. The normalized spacial score (nSPS) is 10.3. The zero-order valence-electron chi connectivity index (χ0n) is 11.4. The monoisotopic (exact) mass is 279 g/mol. The standard InChI is InChI=1S/C15H13N5O/c1-11-9-12(7-8-16-11)17-15(21)14-10-20(19-18-14)13-5-3-2-4-6-13/h2-10H,1H3,(H,16,17,21). The van der Waals surface area contributed by atoms with Gasteiger partial charge >= 0.3 is 0 Å². The number of benzene rings is 1. The van der Waals surface area contributed by atoms with Crippen molar-refractivity contribution >= 4 is 11.6 Å². The molecule has 0 aliphatic carbocycles. The topological polar surface area (TPSA) is 72.7 Å². The van der Waals surface area contributed by atoms with Gasteiger partial charge in [0.2, 0.25) is 0 Å². The summed E-state index contributed by atoms with van der Waals surface area (Å²) >= 11 is 0. The number of anilines is 1. The molecule has 0 bridgehead atoms. The minimum atomic E-state index is -0.303. The van der Waals surface area contributed by atoms with Gasteiger partial charge in [-0.25, -0.2) is 4.68 Å². The third-order valence-electron chi connectivity index (χ3n) is 2.90. The second-order valence-corrected chi connectivity index (χ2v) is 4.52. The summed E-state index contributed by atoms with van der Waals surface area (Å²) in [4.78, 5) is 16.2. The van der Waals surface area contributed by atoms with E-state index in [-0.39, 0.29) is 11.6 Å². The van der Waals surface area contributed by atoms with Crippen LogP contribution in [0.2, 0.25) is 0 Å². The van der Waals surface area contributed by atoms with E-state index in [2.05, 4.69) is 20.6 Å². The van der Waals surface area contributed by atoms with Crippen molar-refractivity contribution in [3.63, 3.8) is 0 Å². The third-order valence-corrected chi connectivity index (χ3v) is 2.90. The lowest BCUT2D eigenvalue weighted by Gasteiger charge is -2.02. The molecule has 104 valence electrons. The Kier molecular flexibility index (Phi) is 3.42. The lowest BCUT2D eigenvalue weighted by atomic mass is 10.3. The van der Waals surface area contributed by atoms with Crippen LogP contribution in [-0.4, -0.2) is 25.9 Å². The van der Waals surface area contributed by atoms with Crippen LogP contribution in [0.5, 0.6) is 0 Å². The third kappa shape index (κ3) is 2.94. The van der Waals surface area contributed by atoms with Crippen LogP contribution in [-0.2, 0) is 0 Å². The van der Waals surface area contributed by atoms with Crippen molar-refractivity contribution in [3.8, 4) is 5.69 Å². The highest BCUT2D eigenvalue weighted by molar-refractivity contribution is 6.02. The van der Waals surface area contributed by atoms with Gasteiger partial charge in [0, 0.05) is 17.6 Å². The Morgan fingerprint density at radius 1 is 1.19 bits per heavy atom. The lowest BCUT2D eigenvalue weighted by molar-refractivity contribution is 0.102. The first-order chi connectivity index (χ1) is 10.2. The maximum atomic E-state index is 12.1. The van der Waals surface area contributed by atoms with Crippen LogP contribution in [0.25, 0.3) is 5.69 Å². The van der Waals surface area contributed by atoms with E-state index in [0.29, 0.717) is 5.69 Å². The summed E-state index contributed by atoms with van der Waals surface area (Å²) in [6, 6.07) is 13.0. The number of aromatic nitrogens is 4. The number of hydrogen-bond acceptors (Lipinski definition) is 4. The SMILES string of the molecule is Cc1cc(NC(=O)c2cn(-c3ccccc3)nn2)ccn1. The van der Waals surface area contributed by atoms with Gasteiger partial charge in [-0.15, -0.1) is 5.10 Å². The Bertz CT molecular complexity index is 766. The molecular weight excluding hydrogens is 266 g/mol. The summed E-state index contributed by atoms with van der Waals surface area (Å²) in [5, 5.41) is 10.6. The number of nitrogens with one attached hydrogen (secondary N) is 1. The van der Waals surface area contributed by atoms with Crippen LogP contribution in [0.4, 0.5) is 5.69 Å². The van der Waals surface area contributed by atoms with E-state index in [9.17, 15) is 4.79 Å². The fourth-order valence-corrected chi connectivity index (χ4v) is 1.89. The number of aryl methyl sites for hydroxylation is 1. The quantitative estimate of drug-likeness (QED) is 0.798. The summed E-state index contributed by atoms with van der Waals surface area (Å²) in [5.74, 6) is -0.303. The van der Waals surface area contributed by atoms with Crippen molar-refractivity contribution in [1.29, 1.82) is 0 Å². The Labute approximate surface area is 121 Å². The van der Waals surface area contributed by atoms with Crippen molar-refractivity contribution in [2.24, 2.45) is 0 Å². The van der Waals surface area contributed by atoms with Crippen LogP contribution in [0.1, 0.15) is 16.2 Å². The molecule has 6 nitrogen and oxygen atoms in total. The smallest absolute Gasteiger partial charge is 0.277 e. The molecule has 0 atom stereocenters. The lowest BCUT2D eigenvalue weighted by Crippen LogP contribution is -2.12. The van der Waals surface area contributed by atoms with E-state index < -0.39 is 0 Å². The first-order valence-electron chi connectivity index (χ1n) is 6.44. The molecule has 3 aromatic rings. The molecule has 0 radical (unpaired) electrons. The van der Waals surface area contributed by atoms with Crippen molar-refractivity contribution < 1.29 is 4.79 Å². The first kappa shape index (κ1) is 13.0. The highest BCUT2D eigenvalue weighted by Gasteiger charge is 2.11. The fourth-order valence-electron chi connectivity index (χ4n) is 1.89. The number of rotatable bonds is 3. The molecule has 1 N–H and O–H groups in total. The van der Waals surface area contributed by atoms with Gasteiger partial charge in [-0.1, -0.05) is 23.4 Å². The largest absolute Gasteiger partial charge is 0.320 e. The molecule has 0 saturated carbocycles. The molecule has 0 unspecified atom stereocenters. The van der Waals surface area contributed by atoms with Crippen molar-refractivity contribution in [2.45, 2.75) is 6.92 Å². The van der Waals surface area contributed by atoms with E-state index in [4.69, 9.17) is 0 Å². The molecule has 0 fully saturated rings. The molecule has 1 amide bonds. The summed E-state index contributed by atoms with van der Waals surface area (Å²) in [7, 11) is 0. The van der Waals surface area contributed by atoms with Crippen LogP contribution in [0.15, 0.2) is 54.9 Å². The average molecular weight is 279 g/mol. The Hall–Kier alpha value is -3.02. The zero-order valence-corrected chi connectivity index (χ0v) is 11.4. The van der Waals surface area contributed by atoms with Crippen LogP contribution in [0.3, 0.4) is 0 Å². The Morgan fingerprint density at radius 2 is 2.00 bits per heavy atom. The van der Waals surface area contributed by atoms with Gasteiger partial charge in [-0.3, -0.25) is 9.78 Å². The molecule has 3 rings (SSSR count). The molecule has 1 aromatic carbocycles. The summed E-state index contributed by atoms with van der Waals surface area (Å²) < 4.78 is 1.56. The van der Waals surface area contributed by atoms with Gasteiger partial charge in [0.1, 0.15) is 0 Å². The Morgan fingerprint density at radius 3 is 2.76 bits per heavy atom. The zero-order chi connectivity index (χ0) is 14.7. The van der Waals surface area contributed by atoms with Gasteiger partial charge in [0.15, 0.2) is 5.69 Å². The summed E-state index contributed by atoms with van der Waals surface area (Å²) in [6.45, 7) is 1.86. The number of para-hydroxylation sites is 1. The second kappa shape index (κ2) is 5.54.